The number of hydrogen-bond donors (Lipinski definition) is 0. The molecule has 0 spiro atoms. The molecule has 1 aliphatic heterocycles. The quantitative estimate of drug-likeness (QED) is 0.432. The molecule has 0 saturated carbocycles. The number of benzene rings is 2. The molecule has 166 valence electrons. The van der Waals surface area contributed by atoms with Crippen molar-refractivity contribution in [3.63, 3.8) is 0 Å². The summed E-state index contributed by atoms with van der Waals surface area (Å²) < 4.78 is 38.4. The topological polar surface area (TPSA) is 54.8 Å². The lowest BCUT2D eigenvalue weighted by Crippen LogP contribution is -2.31. The van der Waals surface area contributed by atoms with Crippen molar-refractivity contribution in [2.75, 3.05) is 6.54 Å². The molecule has 0 bridgehead atoms. The molecule has 3 heterocycles. The van der Waals surface area contributed by atoms with Gasteiger partial charge in [0.1, 0.15) is 0 Å². The van der Waals surface area contributed by atoms with Crippen LogP contribution in [0.3, 0.4) is 0 Å². The van der Waals surface area contributed by atoms with E-state index in [4.69, 9.17) is 0 Å². The van der Waals surface area contributed by atoms with Crippen LogP contribution < -0.4 is 0 Å². The van der Waals surface area contributed by atoms with Crippen LogP contribution in [-0.4, -0.2) is 31.4 Å². The lowest BCUT2D eigenvalue weighted by molar-refractivity contribution is -0.137. The van der Waals surface area contributed by atoms with Gasteiger partial charge in [-0.15, -0.1) is 0 Å². The maximum absolute atomic E-state index is 12.8. The van der Waals surface area contributed by atoms with Crippen LogP contribution in [-0.2, 0) is 25.7 Å². The van der Waals surface area contributed by atoms with Gasteiger partial charge in [0.25, 0.3) is 0 Å². The van der Waals surface area contributed by atoms with Gasteiger partial charge in [0, 0.05) is 66.9 Å². The Balaban J connectivity index is 1.26. The Morgan fingerprint density at radius 1 is 0.788 bits per heavy atom. The summed E-state index contributed by atoms with van der Waals surface area (Å²) in [5.74, 6) is 1.15. The molecule has 5 rings (SSSR count). The van der Waals surface area contributed by atoms with Crippen LogP contribution in [0.4, 0.5) is 13.2 Å². The summed E-state index contributed by atoms with van der Waals surface area (Å²) in [6, 6.07) is 14.8. The van der Waals surface area contributed by atoms with Gasteiger partial charge in [0.2, 0.25) is 0 Å². The van der Waals surface area contributed by atoms with Crippen molar-refractivity contribution in [3.05, 3.63) is 95.6 Å². The summed E-state index contributed by atoms with van der Waals surface area (Å²) in [7, 11) is 0. The molecule has 0 aliphatic carbocycles. The Labute approximate surface area is 189 Å². The van der Waals surface area contributed by atoms with Gasteiger partial charge >= 0.3 is 6.18 Å². The summed E-state index contributed by atoms with van der Waals surface area (Å²) >= 11 is 0. The van der Waals surface area contributed by atoms with Gasteiger partial charge in [0.05, 0.1) is 11.3 Å². The highest BCUT2D eigenvalue weighted by Gasteiger charge is 2.30. The van der Waals surface area contributed by atoms with E-state index in [2.05, 4.69) is 24.8 Å². The van der Waals surface area contributed by atoms with Crippen molar-refractivity contribution in [2.24, 2.45) is 0 Å². The molecule has 0 N–H and O–H groups in total. The second-order valence-electron chi connectivity index (χ2n) is 7.98. The number of hydrogen-bond acceptors (Lipinski definition) is 5. The van der Waals surface area contributed by atoms with E-state index >= 15 is 0 Å². The van der Waals surface area contributed by atoms with Gasteiger partial charge in [-0.1, -0.05) is 42.5 Å². The molecule has 0 radical (unpaired) electrons. The average Bonchev–Trinajstić information content (AvgIpc) is 2.84. The molecule has 2 aromatic heterocycles. The summed E-state index contributed by atoms with van der Waals surface area (Å²) in [5, 5.41) is 0. The predicted octanol–water partition coefficient (Wildman–Crippen LogP) is 5.18. The number of alkyl halides is 3. The van der Waals surface area contributed by atoms with Crippen LogP contribution in [0, 0.1) is 0 Å². The van der Waals surface area contributed by atoms with Gasteiger partial charge in [-0.25, -0.2) is 19.9 Å². The first-order valence-electron chi connectivity index (χ1n) is 10.6. The third-order valence-corrected chi connectivity index (χ3v) is 5.63. The Morgan fingerprint density at radius 3 is 2.15 bits per heavy atom. The van der Waals surface area contributed by atoms with Crippen molar-refractivity contribution in [2.45, 2.75) is 25.7 Å². The van der Waals surface area contributed by atoms with Gasteiger partial charge in [-0.3, -0.25) is 4.90 Å². The van der Waals surface area contributed by atoms with E-state index in [1.807, 2.05) is 42.7 Å². The largest absolute Gasteiger partial charge is 0.416 e. The van der Waals surface area contributed by atoms with E-state index in [9.17, 15) is 13.2 Å². The van der Waals surface area contributed by atoms with Crippen molar-refractivity contribution in [1.82, 2.24) is 24.8 Å². The van der Waals surface area contributed by atoms with Crippen molar-refractivity contribution >= 4 is 0 Å². The monoisotopic (exact) mass is 447 g/mol. The Bertz CT molecular complexity index is 1240. The standard InChI is InChI=1S/C25H20F3N5/c26-25(27,28)21-8-6-19(7-9-21)24-31-14-20-16-33(11-10-22(20)32-24)15-17-12-29-23(30-13-17)18-4-2-1-3-5-18/h1-9,12-14H,10-11,15-16H2. The summed E-state index contributed by atoms with van der Waals surface area (Å²) in [5.41, 5.74) is 3.87. The first kappa shape index (κ1) is 21.2. The zero-order valence-corrected chi connectivity index (χ0v) is 17.6. The smallest absolute Gasteiger partial charge is 0.294 e. The highest BCUT2D eigenvalue weighted by molar-refractivity contribution is 5.56. The molecular formula is C25H20F3N5. The molecule has 0 fully saturated rings. The van der Waals surface area contributed by atoms with Gasteiger partial charge in [0.15, 0.2) is 11.6 Å². The molecule has 0 unspecified atom stereocenters. The number of nitrogens with zero attached hydrogens (tertiary/aromatic N) is 5. The second kappa shape index (κ2) is 8.71. The first-order valence-corrected chi connectivity index (χ1v) is 10.6. The first-order chi connectivity index (χ1) is 16.0. The molecule has 0 atom stereocenters. The van der Waals surface area contributed by atoms with Gasteiger partial charge in [-0.2, -0.15) is 13.2 Å². The second-order valence-corrected chi connectivity index (χ2v) is 7.98. The van der Waals surface area contributed by atoms with Gasteiger partial charge < -0.3 is 0 Å². The number of aromatic nitrogens is 4. The van der Waals surface area contributed by atoms with E-state index in [0.717, 1.165) is 54.0 Å². The van der Waals surface area contributed by atoms with Crippen molar-refractivity contribution < 1.29 is 13.2 Å². The lowest BCUT2D eigenvalue weighted by Gasteiger charge is -2.27. The molecule has 33 heavy (non-hydrogen) atoms. The summed E-state index contributed by atoms with van der Waals surface area (Å²) in [6.45, 7) is 2.23. The molecule has 0 amide bonds. The minimum absolute atomic E-state index is 0.445. The molecule has 8 heteroatoms. The molecule has 4 aromatic rings. The third-order valence-electron chi connectivity index (χ3n) is 5.63. The highest BCUT2D eigenvalue weighted by atomic mass is 19.4. The van der Waals surface area contributed by atoms with E-state index in [1.54, 1.807) is 6.20 Å². The Morgan fingerprint density at radius 2 is 1.45 bits per heavy atom. The van der Waals surface area contributed by atoms with E-state index in [0.29, 0.717) is 23.8 Å². The molecule has 1 aliphatic rings. The maximum atomic E-state index is 12.8. The Hall–Kier alpha value is -3.65. The highest BCUT2D eigenvalue weighted by Crippen LogP contribution is 2.30. The number of rotatable bonds is 4. The molecule has 2 aromatic carbocycles. The lowest BCUT2D eigenvalue weighted by atomic mass is 10.1. The van der Waals surface area contributed by atoms with E-state index in [1.165, 1.54) is 12.1 Å². The summed E-state index contributed by atoms with van der Waals surface area (Å²) in [4.78, 5) is 20.3. The molecule has 0 saturated heterocycles. The van der Waals surface area contributed by atoms with E-state index in [-0.39, 0.29) is 0 Å². The fourth-order valence-electron chi connectivity index (χ4n) is 3.89. The normalized spacial score (nSPS) is 14.2. The predicted molar refractivity (Wildman–Crippen MR) is 118 cm³/mol. The van der Waals surface area contributed by atoms with Crippen molar-refractivity contribution in [3.8, 4) is 22.8 Å². The van der Waals surface area contributed by atoms with Crippen LogP contribution in [0.1, 0.15) is 22.4 Å². The third kappa shape index (κ3) is 4.75. The number of fused-ring (bicyclic) bond motifs is 1. The minimum atomic E-state index is -4.36. The van der Waals surface area contributed by atoms with Crippen molar-refractivity contribution in [1.29, 1.82) is 0 Å². The fraction of sp³-hybridized carbons (Fsp3) is 0.200. The number of halogens is 3. The molecular weight excluding hydrogens is 427 g/mol. The van der Waals surface area contributed by atoms with Crippen LogP contribution in [0.15, 0.2) is 73.2 Å². The van der Waals surface area contributed by atoms with Gasteiger partial charge in [-0.05, 0) is 12.1 Å². The SMILES string of the molecule is FC(F)(F)c1ccc(-c2ncc3c(n2)CCN(Cc2cnc(-c4ccccc4)nc2)C3)cc1. The van der Waals surface area contributed by atoms with E-state index < -0.39 is 11.7 Å². The minimum Gasteiger partial charge on any atom is -0.294 e. The summed E-state index contributed by atoms with van der Waals surface area (Å²) in [6.07, 6.45) is 1.88. The molecule has 5 nitrogen and oxygen atoms in total. The average molecular weight is 447 g/mol. The van der Waals surface area contributed by atoms with Crippen LogP contribution in [0.2, 0.25) is 0 Å². The fourth-order valence-corrected chi connectivity index (χ4v) is 3.89. The zero-order chi connectivity index (χ0) is 22.8. The van der Waals surface area contributed by atoms with Crippen LogP contribution in [0.5, 0.6) is 0 Å². The maximum Gasteiger partial charge on any atom is 0.416 e. The van der Waals surface area contributed by atoms with Crippen LogP contribution in [0.25, 0.3) is 22.8 Å². The Kier molecular flexibility index (Phi) is 5.60. The van der Waals surface area contributed by atoms with Crippen LogP contribution >= 0.6 is 0 Å². The zero-order valence-electron chi connectivity index (χ0n) is 17.6.